The van der Waals surface area contributed by atoms with E-state index >= 15 is 0 Å². The highest BCUT2D eigenvalue weighted by atomic mass is 15.1. The van der Waals surface area contributed by atoms with Gasteiger partial charge in [0.1, 0.15) is 0 Å². The van der Waals surface area contributed by atoms with Gasteiger partial charge in [-0.1, -0.05) is 188 Å². The molecule has 2 heteroatoms. The molecule has 0 N–H and O–H groups in total. The second kappa shape index (κ2) is 14.8. The fourth-order valence-electron chi connectivity index (χ4n) is 9.60. The maximum atomic E-state index is 2.50. The molecule has 0 spiro atoms. The number of hydrogen-bond donors (Lipinski definition) is 0. The van der Waals surface area contributed by atoms with Crippen LogP contribution in [0, 0.1) is 0 Å². The van der Waals surface area contributed by atoms with Gasteiger partial charge in [0.2, 0.25) is 0 Å². The molecule has 0 bridgehead atoms. The molecule has 12 rings (SSSR count). The van der Waals surface area contributed by atoms with Gasteiger partial charge in [0.25, 0.3) is 0 Å². The first-order valence-electron chi connectivity index (χ1n) is 21.3. The van der Waals surface area contributed by atoms with Crippen molar-refractivity contribution in [2.24, 2.45) is 0 Å². The van der Waals surface area contributed by atoms with Crippen molar-refractivity contribution in [3.8, 4) is 39.1 Å². The molecule has 0 amide bonds. The van der Waals surface area contributed by atoms with Crippen molar-refractivity contribution >= 4 is 71.2 Å². The zero-order chi connectivity index (χ0) is 41.0. The Morgan fingerprint density at radius 3 is 1.50 bits per heavy atom. The number of aromatic nitrogens is 1. The number of anilines is 3. The van der Waals surface area contributed by atoms with Crippen LogP contribution in [-0.2, 0) is 0 Å². The summed E-state index contributed by atoms with van der Waals surface area (Å²) in [5.74, 6) is 0. The third kappa shape index (κ3) is 6.04. The molecule has 0 aliphatic heterocycles. The highest BCUT2D eigenvalue weighted by Crippen LogP contribution is 2.45. The molecule has 0 atom stereocenters. The van der Waals surface area contributed by atoms with Crippen molar-refractivity contribution in [3.05, 3.63) is 243 Å². The quantitative estimate of drug-likeness (QED) is 0.156. The minimum atomic E-state index is 1.09. The van der Waals surface area contributed by atoms with Crippen molar-refractivity contribution < 1.29 is 0 Å². The first kappa shape index (κ1) is 35.7. The van der Waals surface area contributed by atoms with Crippen LogP contribution < -0.4 is 4.90 Å². The van der Waals surface area contributed by atoms with Crippen LogP contribution in [0.1, 0.15) is 0 Å². The average molecular weight is 789 g/mol. The summed E-state index contributed by atoms with van der Waals surface area (Å²) in [6.45, 7) is 0. The van der Waals surface area contributed by atoms with Gasteiger partial charge < -0.3 is 9.47 Å². The lowest BCUT2D eigenvalue weighted by atomic mass is 9.93. The van der Waals surface area contributed by atoms with E-state index in [1.54, 1.807) is 0 Å². The molecule has 12 aromatic rings. The van der Waals surface area contributed by atoms with Gasteiger partial charge in [-0.15, -0.1) is 0 Å². The molecule has 0 aliphatic carbocycles. The van der Waals surface area contributed by atoms with Crippen molar-refractivity contribution in [1.82, 2.24) is 4.57 Å². The fraction of sp³-hybridized carbons (Fsp3) is 0. The Bertz CT molecular complexity index is 3520. The van der Waals surface area contributed by atoms with E-state index in [1.807, 2.05) is 0 Å². The summed E-state index contributed by atoms with van der Waals surface area (Å²) in [5.41, 5.74) is 14.0. The van der Waals surface area contributed by atoms with Gasteiger partial charge in [-0.2, -0.15) is 0 Å². The highest BCUT2D eigenvalue weighted by Gasteiger charge is 2.21. The summed E-state index contributed by atoms with van der Waals surface area (Å²) in [5, 5.41) is 9.87. The van der Waals surface area contributed by atoms with Gasteiger partial charge in [-0.05, 0) is 115 Å². The zero-order valence-electron chi connectivity index (χ0n) is 34.0. The van der Waals surface area contributed by atoms with E-state index in [0.717, 1.165) is 22.7 Å². The SMILES string of the molecule is c1ccc(-c2ccc(N(c3ccc(-c4ccccc4)cc3)c3cc(-n4c5ccccc5c5c6c(-c7ccc8ccccc8c7)cccc6ccc54)c4ccccc4c3)cc2)cc1. The number of rotatable bonds is 7. The maximum Gasteiger partial charge on any atom is 0.0561 e. The van der Waals surface area contributed by atoms with Gasteiger partial charge in [0.15, 0.2) is 0 Å². The summed E-state index contributed by atoms with van der Waals surface area (Å²) >= 11 is 0. The van der Waals surface area contributed by atoms with Crippen LogP contribution in [0.4, 0.5) is 17.1 Å². The van der Waals surface area contributed by atoms with E-state index in [0.29, 0.717) is 0 Å². The molecule has 0 radical (unpaired) electrons. The van der Waals surface area contributed by atoms with Gasteiger partial charge in [-0.3, -0.25) is 0 Å². The second-order valence-electron chi connectivity index (χ2n) is 16.1. The first-order chi connectivity index (χ1) is 30.7. The smallest absolute Gasteiger partial charge is 0.0561 e. The van der Waals surface area contributed by atoms with Crippen LogP contribution in [0.2, 0.25) is 0 Å². The van der Waals surface area contributed by atoms with Gasteiger partial charge in [-0.25, -0.2) is 0 Å². The lowest BCUT2D eigenvalue weighted by molar-refractivity contribution is 1.19. The second-order valence-corrected chi connectivity index (χ2v) is 16.1. The van der Waals surface area contributed by atoms with Crippen LogP contribution >= 0.6 is 0 Å². The van der Waals surface area contributed by atoms with E-state index in [2.05, 4.69) is 252 Å². The van der Waals surface area contributed by atoms with Crippen LogP contribution in [0.15, 0.2) is 243 Å². The molecule has 2 nitrogen and oxygen atoms in total. The maximum absolute atomic E-state index is 2.50. The van der Waals surface area contributed by atoms with Crippen molar-refractivity contribution in [2.75, 3.05) is 4.90 Å². The van der Waals surface area contributed by atoms with Gasteiger partial charge in [0, 0.05) is 33.2 Å². The van der Waals surface area contributed by atoms with Crippen LogP contribution in [0.5, 0.6) is 0 Å². The Morgan fingerprint density at radius 2 is 0.806 bits per heavy atom. The van der Waals surface area contributed by atoms with Gasteiger partial charge >= 0.3 is 0 Å². The normalized spacial score (nSPS) is 11.5. The van der Waals surface area contributed by atoms with Crippen molar-refractivity contribution in [3.63, 3.8) is 0 Å². The number of para-hydroxylation sites is 1. The van der Waals surface area contributed by atoms with Crippen LogP contribution in [0.3, 0.4) is 0 Å². The standard InChI is InChI=1S/C60H40N2/c1-3-14-41(15-4-1)44-28-33-50(34-29-44)61(51-35-30-45(31-36-51)42-16-5-2-6-17-42)52-39-48-20-9-10-22-53(48)58(40-52)62-56-25-12-11-23-55(56)60-57(62)37-32-46-21-13-24-54(59(46)60)49-27-26-43-18-7-8-19-47(43)38-49/h1-40H. The topological polar surface area (TPSA) is 8.17 Å². The molecule has 290 valence electrons. The molecule has 0 aliphatic rings. The molecule has 0 saturated heterocycles. The molecule has 62 heavy (non-hydrogen) atoms. The Hall–Kier alpha value is -8.20. The van der Waals surface area contributed by atoms with E-state index in [1.165, 1.54) is 87.5 Å². The lowest BCUT2D eigenvalue weighted by Gasteiger charge is -2.27. The third-order valence-electron chi connectivity index (χ3n) is 12.5. The molecule has 11 aromatic carbocycles. The number of fused-ring (bicyclic) bond motifs is 7. The highest BCUT2D eigenvalue weighted by molar-refractivity contribution is 6.25. The molecule has 0 saturated carbocycles. The minimum absolute atomic E-state index is 1.09. The van der Waals surface area contributed by atoms with Crippen LogP contribution in [0.25, 0.3) is 93.2 Å². The van der Waals surface area contributed by atoms with Crippen molar-refractivity contribution in [2.45, 2.75) is 0 Å². The molecule has 1 aromatic heterocycles. The third-order valence-corrected chi connectivity index (χ3v) is 12.5. The molecular formula is C60H40N2. The van der Waals surface area contributed by atoms with Crippen molar-refractivity contribution in [1.29, 1.82) is 0 Å². The molecule has 0 unspecified atom stereocenters. The zero-order valence-corrected chi connectivity index (χ0v) is 34.0. The number of benzene rings is 11. The summed E-state index contributed by atoms with van der Waals surface area (Å²) in [6.07, 6.45) is 0. The minimum Gasteiger partial charge on any atom is -0.310 e. The largest absolute Gasteiger partial charge is 0.310 e. The van der Waals surface area contributed by atoms with Gasteiger partial charge in [0.05, 0.1) is 16.7 Å². The van der Waals surface area contributed by atoms with Crippen LogP contribution in [-0.4, -0.2) is 4.57 Å². The monoisotopic (exact) mass is 788 g/mol. The lowest BCUT2D eigenvalue weighted by Crippen LogP contribution is -2.11. The summed E-state index contributed by atoms with van der Waals surface area (Å²) in [6, 6.07) is 88.6. The fourth-order valence-corrected chi connectivity index (χ4v) is 9.60. The van der Waals surface area contributed by atoms with E-state index < -0.39 is 0 Å². The Morgan fingerprint density at radius 1 is 0.274 bits per heavy atom. The van der Waals surface area contributed by atoms with E-state index in [-0.39, 0.29) is 0 Å². The summed E-state index contributed by atoms with van der Waals surface area (Å²) in [4.78, 5) is 2.40. The molecular weight excluding hydrogens is 749 g/mol. The summed E-state index contributed by atoms with van der Waals surface area (Å²) < 4.78 is 2.50. The predicted octanol–water partition coefficient (Wildman–Crippen LogP) is 16.7. The average Bonchev–Trinajstić information content (AvgIpc) is 3.69. The molecule has 1 heterocycles. The Labute approximate surface area is 360 Å². The Balaban J connectivity index is 1.10. The molecule has 0 fully saturated rings. The number of hydrogen-bond acceptors (Lipinski definition) is 1. The number of nitrogens with zero attached hydrogens (tertiary/aromatic N) is 2. The summed E-state index contributed by atoms with van der Waals surface area (Å²) in [7, 11) is 0. The first-order valence-corrected chi connectivity index (χ1v) is 21.3. The predicted molar refractivity (Wildman–Crippen MR) is 264 cm³/mol. The van der Waals surface area contributed by atoms with E-state index in [9.17, 15) is 0 Å². The Kier molecular flexibility index (Phi) is 8.53. The van der Waals surface area contributed by atoms with E-state index in [4.69, 9.17) is 0 Å².